The minimum Gasteiger partial charge on any atom is -0.393 e. The Kier molecular flexibility index (Phi) is 4.16. The summed E-state index contributed by atoms with van der Waals surface area (Å²) in [4.78, 5) is 4.35. The van der Waals surface area contributed by atoms with Gasteiger partial charge in [0.15, 0.2) is 0 Å². The molecule has 1 aliphatic rings. The summed E-state index contributed by atoms with van der Waals surface area (Å²) in [7, 11) is 0. The Balaban J connectivity index is 1.97. The molecule has 0 radical (unpaired) electrons. The number of aliphatic hydroxyl groups is 1. The van der Waals surface area contributed by atoms with Gasteiger partial charge in [-0.05, 0) is 31.9 Å². The van der Waals surface area contributed by atoms with Crippen molar-refractivity contribution in [2.24, 2.45) is 5.92 Å². The Morgan fingerprint density at radius 2 is 2.22 bits per heavy atom. The zero-order valence-electron chi connectivity index (χ0n) is 10.7. The molecule has 0 aliphatic heterocycles. The van der Waals surface area contributed by atoms with Gasteiger partial charge in [-0.1, -0.05) is 12.8 Å². The first-order valence-corrected chi connectivity index (χ1v) is 6.50. The van der Waals surface area contributed by atoms with Crippen molar-refractivity contribution >= 4 is 5.82 Å². The molecule has 1 aromatic rings. The summed E-state index contributed by atoms with van der Waals surface area (Å²) in [5.41, 5.74) is 1.45. The number of anilines is 1. The van der Waals surface area contributed by atoms with Crippen LogP contribution in [-0.4, -0.2) is 22.7 Å². The number of nitrogens with one attached hydrogen (secondary N) is 1. The molecule has 4 nitrogen and oxygen atoms in total. The van der Waals surface area contributed by atoms with Gasteiger partial charge in [0.05, 0.1) is 17.7 Å². The smallest absolute Gasteiger partial charge is 0.127 e. The number of hydrogen-bond acceptors (Lipinski definition) is 4. The summed E-state index contributed by atoms with van der Waals surface area (Å²) < 4.78 is 0. The SMILES string of the molecule is Cc1cc(C#N)cc(NCC2CCCCC2O)n1. The van der Waals surface area contributed by atoms with E-state index in [2.05, 4.69) is 16.4 Å². The van der Waals surface area contributed by atoms with Gasteiger partial charge in [-0.2, -0.15) is 5.26 Å². The second-order valence-electron chi connectivity index (χ2n) is 4.99. The van der Waals surface area contributed by atoms with Crippen molar-refractivity contribution in [3.8, 4) is 6.07 Å². The number of pyridine rings is 1. The Labute approximate surface area is 108 Å². The molecule has 2 N–H and O–H groups in total. The summed E-state index contributed by atoms with van der Waals surface area (Å²) in [5.74, 6) is 1.02. The van der Waals surface area contributed by atoms with Crippen molar-refractivity contribution in [2.45, 2.75) is 38.7 Å². The third-order valence-electron chi connectivity index (χ3n) is 3.50. The van der Waals surface area contributed by atoms with Gasteiger partial charge in [0, 0.05) is 18.2 Å². The predicted molar refractivity (Wildman–Crippen MR) is 70.1 cm³/mol. The maximum atomic E-state index is 9.89. The van der Waals surface area contributed by atoms with Crippen LogP contribution in [0.1, 0.15) is 36.9 Å². The molecule has 96 valence electrons. The zero-order valence-corrected chi connectivity index (χ0v) is 10.7. The number of nitriles is 1. The van der Waals surface area contributed by atoms with E-state index in [-0.39, 0.29) is 6.10 Å². The van der Waals surface area contributed by atoms with Crippen molar-refractivity contribution in [2.75, 3.05) is 11.9 Å². The van der Waals surface area contributed by atoms with Crippen molar-refractivity contribution in [1.29, 1.82) is 5.26 Å². The molecular weight excluding hydrogens is 226 g/mol. The van der Waals surface area contributed by atoms with Crippen molar-refractivity contribution in [3.05, 3.63) is 23.4 Å². The fourth-order valence-electron chi connectivity index (χ4n) is 2.49. The molecule has 2 atom stereocenters. The average Bonchev–Trinajstić information content (AvgIpc) is 2.37. The van der Waals surface area contributed by atoms with Crippen LogP contribution in [0.15, 0.2) is 12.1 Å². The van der Waals surface area contributed by atoms with E-state index in [9.17, 15) is 5.11 Å². The highest BCUT2D eigenvalue weighted by Gasteiger charge is 2.22. The quantitative estimate of drug-likeness (QED) is 0.856. The number of nitrogens with zero attached hydrogens (tertiary/aromatic N) is 2. The fraction of sp³-hybridized carbons (Fsp3) is 0.571. The molecule has 1 fully saturated rings. The summed E-state index contributed by atoms with van der Waals surface area (Å²) in [6.07, 6.45) is 4.07. The molecule has 0 saturated heterocycles. The standard InChI is InChI=1S/C14H19N3O/c1-10-6-11(8-15)7-14(17-10)16-9-12-4-2-3-5-13(12)18/h6-7,12-13,18H,2-5,9H2,1H3,(H,16,17). The van der Waals surface area contributed by atoms with Crippen LogP contribution < -0.4 is 5.32 Å². The molecule has 2 rings (SSSR count). The lowest BCUT2D eigenvalue weighted by Crippen LogP contribution is -2.30. The first-order chi connectivity index (χ1) is 8.69. The summed E-state index contributed by atoms with van der Waals surface area (Å²) in [5, 5.41) is 22.0. The maximum Gasteiger partial charge on any atom is 0.127 e. The van der Waals surface area contributed by atoms with Crippen LogP contribution in [0.25, 0.3) is 0 Å². The average molecular weight is 245 g/mol. The lowest BCUT2D eigenvalue weighted by molar-refractivity contribution is 0.0763. The van der Waals surface area contributed by atoms with Crippen molar-refractivity contribution in [3.63, 3.8) is 0 Å². The molecule has 0 spiro atoms. The second kappa shape index (κ2) is 5.83. The monoisotopic (exact) mass is 245 g/mol. The highest BCUT2D eigenvalue weighted by Crippen LogP contribution is 2.24. The van der Waals surface area contributed by atoms with E-state index in [4.69, 9.17) is 5.26 Å². The lowest BCUT2D eigenvalue weighted by Gasteiger charge is -2.27. The third-order valence-corrected chi connectivity index (χ3v) is 3.50. The van der Waals surface area contributed by atoms with E-state index >= 15 is 0 Å². The minimum atomic E-state index is -0.202. The third kappa shape index (κ3) is 3.21. The number of aliphatic hydroxyl groups excluding tert-OH is 1. The summed E-state index contributed by atoms with van der Waals surface area (Å²) >= 11 is 0. The molecule has 0 bridgehead atoms. The number of aryl methyl sites for hydroxylation is 1. The molecule has 18 heavy (non-hydrogen) atoms. The first kappa shape index (κ1) is 12.8. The number of aromatic nitrogens is 1. The van der Waals surface area contributed by atoms with Crippen LogP contribution in [0, 0.1) is 24.2 Å². The highest BCUT2D eigenvalue weighted by molar-refractivity contribution is 5.44. The lowest BCUT2D eigenvalue weighted by atomic mass is 9.86. The number of hydrogen-bond donors (Lipinski definition) is 2. The van der Waals surface area contributed by atoms with E-state index in [1.54, 1.807) is 12.1 Å². The topological polar surface area (TPSA) is 68.9 Å². The fourth-order valence-corrected chi connectivity index (χ4v) is 2.49. The van der Waals surface area contributed by atoms with Crippen LogP contribution in [0.5, 0.6) is 0 Å². The van der Waals surface area contributed by atoms with Crippen LogP contribution in [-0.2, 0) is 0 Å². The van der Waals surface area contributed by atoms with Gasteiger partial charge >= 0.3 is 0 Å². The van der Waals surface area contributed by atoms with E-state index < -0.39 is 0 Å². The molecule has 1 aliphatic carbocycles. The van der Waals surface area contributed by atoms with E-state index in [0.29, 0.717) is 11.5 Å². The van der Waals surface area contributed by atoms with Gasteiger partial charge in [0.2, 0.25) is 0 Å². The Hall–Kier alpha value is -1.60. The van der Waals surface area contributed by atoms with Gasteiger partial charge in [-0.25, -0.2) is 4.98 Å². The molecule has 1 heterocycles. The molecule has 0 amide bonds. The van der Waals surface area contributed by atoms with E-state index in [1.807, 2.05) is 6.92 Å². The van der Waals surface area contributed by atoms with Crippen molar-refractivity contribution < 1.29 is 5.11 Å². The molecule has 1 aromatic heterocycles. The summed E-state index contributed by atoms with van der Waals surface area (Å²) in [6, 6.07) is 5.64. The molecular formula is C14H19N3O. The maximum absolute atomic E-state index is 9.89. The normalized spacial score (nSPS) is 23.4. The largest absolute Gasteiger partial charge is 0.393 e. The zero-order chi connectivity index (χ0) is 13.0. The summed E-state index contributed by atoms with van der Waals surface area (Å²) in [6.45, 7) is 2.60. The molecule has 0 aromatic carbocycles. The van der Waals surface area contributed by atoms with Crippen LogP contribution in [0.4, 0.5) is 5.82 Å². The van der Waals surface area contributed by atoms with Gasteiger partial charge < -0.3 is 10.4 Å². The first-order valence-electron chi connectivity index (χ1n) is 6.50. The van der Waals surface area contributed by atoms with Gasteiger partial charge in [-0.3, -0.25) is 0 Å². The van der Waals surface area contributed by atoms with Crippen molar-refractivity contribution in [1.82, 2.24) is 4.98 Å². The Morgan fingerprint density at radius 3 is 2.94 bits per heavy atom. The van der Waals surface area contributed by atoms with E-state index in [0.717, 1.165) is 37.3 Å². The predicted octanol–water partition coefficient (Wildman–Crippen LogP) is 2.22. The molecule has 1 saturated carbocycles. The molecule has 4 heteroatoms. The van der Waals surface area contributed by atoms with E-state index in [1.165, 1.54) is 6.42 Å². The van der Waals surface area contributed by atoms with Gasteiger partial charge in [0.25, 0.3) is 0 Å². The minimum absolute atomic E-state index is 0.202. The number of rotatable bonds is 3. The van der Waals surface area contributed by atoms with Gasteiger partial charge in [0.1, 0.15) is 5.82 Å². The van der Waals surface area contributed by atoms with Gasteiger partial charge in [-0.15, -0.1) is 0 Å². The van der Waals surface area contributed by atoms with Crippen LogP contribution >= 0.6 is 0 Å². The second-order valence-corrected chi connectivity index (χ2v) is 4.99. The van der Waals surface area contributed by atoms with Crippen LogP contribution in [0.2, 0.25) is 0 Å². The van der Waals surface area contributed by atoms with Crippen LogP contribution in [0.3, 0.4) is 0 Å². The Bertz CT molecular complexity index is 453. The molecule has 2 unspecified atom stereocenters. The Morgan fingerprint density at radius 1 is 1.44 bits per heavy atom. The highest BCUT2D eigenvalue weighted by atomic mass is 16.3.